The maximum Gasteiger partial charge on any atom is 0.416 e. The number of amides is 2. The Morgan fingerprint density at radius 2 is 1.67 bits per heavy atom. The Bertz CT molecular complexity index is 1120. The fourth-order valence-corrected chi connectivity index (χ4v) is 3.85. The van der Waals surface area contributed by atoms with Crippen LogP contribution in [-0.2, 0) is 21.8 Å². The van der Waals surface area contributed by atoms with Crippen LogP contribution in [0, 0.1) is 5.82 Å². The van der Waals surface area contributed by atoms with Crippen molar-refractivity contribution in [3.05, 3.63) is 70.5 Å². The van der Waals surface area contributed by atoms with Gasteiger partial charge >= 0.3 is 18.4 Å². The summed E-state index contributed by atoms with van der Waals surface area (Å²) in [6.07, 6.45) is -12.6. The molecule has 2 aromatic rings. The quantitative estimate of drug-likeness (QED) is 0.580. The van der Waals surface area contributed by atoms with Crippen molar-refractivity contribution in [2.75, 3.05) is 13.2 Å². The second kappa shape index (κ2) is 9.58. The summed E-state index contributed by atoms with van der Waals surface area (Å²) in [6.45, 7) is 1.47. The topological polar surface area (TPSA) is 77.3 Å². The Balaban J connectivity index is 1.68. The van der Waals surface area contributed by atoms with Gasteiger partial charge in [0.2, 0.25) is 5.96 Å². The normalized spacial score (nSPS) is 21.6. The van der Waals surface area contributed by atoms with E-state index in [0.717, 1.165) is 12.1 Å². The molecule has 3 atom stereocenters. The first-order valence-electron chi connectivity index (χ1n) is 10.5. The van der Waals surface area contributed by atoms with Gasteiger partial charge in [0.05, 0.1) is 23.8 Å². The number of hydrogen-bond acceptors (Lipinski definition) is 5. The van der Waals surface area contributed by atoms with Crippen LogP contribution < -0.4 is 10.9 Å². The largest absolute Gasteiger partial charge is 0.416 e. The Morgan fingerprint density at radius 1 is 1.06 bits per heavy atom. The number of nitrogens with one attached hydrogen (secondary N) is 1. The van der Waals surface area contributed by atoms with E-state index in [1.54, 1.807) is 0 Å². The summed E-state index contributed by atoms with van der Waals surface area (Å²) in [7, 11) is 0. The van der Waals surface area contributed by atoms with Crippen molar-refractivity contribution < 1.29 is 45.0 Å². The zero-order valence-electron chi connectivity index (χ0n) is 18.4. The molecule has 0 aliphatic carbocycles. The van der Waals surface area contributed by atoms with Gasteiger partial charge in [-0.15, -0.1) is 5.43 Å². The third-order valence-corrected chi connectivity index (χ3v) is 5.56. The van der Waals surface area contributed by atoms with E-state index >= 15 is 0 Å². The first-order chi connectivity index (χ1) is 16.8. The molecule has 4 rings (SSSR count). The highest BCUT2D eigenvalue weighted by molar-refractivity contribution is 5.97. The van der Waals surface area contributed by atoms with Crippen LogP contribution in [0.4, 0.5) is 35.5 Å². The lowest BCUT2D eigenvalue weighted by Crippen LogP contribution is -2.52. The standard InChI is InChI=1S/C22H18F7N4O3/c1-11(13-8-14(21(24,25)26)10-15(9-13)22(27,28)29)36-18-17(12-2-4-16(23)5-3-12)33(6-7-35-18)19-30-20(34)32-31-19/h2-5,8-11,17-18H,6-7H2,1H3,(H,30,31,34). The summed E-state index contributed by atoms with van der Waals surface area (Å²) in [5, 5.41) is 0. The van der Waals surface area contributed by atoms with Crippen molar-refractivity contribution in [2.24, 2.45) is 4.99 Å². The second-order valence-electron chi connectivity index (χ2n) is 7.99. The molecule has 1 N–H and O–H groups in total. The molecule has 0 spiro atoms. The van der Waals surface area contributed by atoms with Crippen LogP contribution in [-0.4, -0.2) is 36.3 Å². The Kier molecular flexibility index (Phi) is 6.84. The minimum Gasteiger partial charge on any atom is -0.348 e. The molecule has 7 nitrogen and oxygen atoms in total. The van der Waals surface area contributed by atoms with E-state index < -0.39 is 53.8 Å². The molecule has 3 unspecified atom stereocenters. The number of hydrogen-bond donors (Lipinski definition) is 1. The average Bonchev–Trinajstić information content (AvgIpc) is 3.24. The van der Waals surface area contributed by atoms with E-state index in [1.165, 1.54) is 24.0 Å². The van der Waals surface area contributed by atoms with Crippen LogP contribution in [0.5, 0.6) is 0 Å². The van der Waals surface area contributed by atoms with Crippen molar-refractivity contribution in [1.82, 2.24) is 15.8 Å². The Labute approximate surface area is 199 Å². The molecule has 0 saturated carbocycles. The lowest BCUT2D eigenvalue weighted by molar-refractivity contribution is -0.219. The van der Waals surface area contributed by atoms with E-state index in [-0.39, 0.29) is 30.7 Å². The monoisotopic (exact) mass is 519 g/mol. The van der Waals surface area contributed by atoms with Crippen LogP contribution in [0.1, 0.15) is 41.3 Å². The molecule has 1 fully saturated rings. The summed E-state index contributed by atoms with van der Waals surface area (Å²) in [5.41, 5.74) is 3.00. The first kappa shape index (κ1) is 25.7. The number of aliphatic imine (C=N–C) groups is 1. The van der Waals surface area contributed by atoms with Gasteiger partial charge in [0.15, 0.2) is 6.29 Å². The summed E-state index contributed by atoms with van der Waals surface area (Å²) in [4.78, 5) is 16.8. The number of nitrogens with zero attached hydrogens (tertiary/aromatic N) is 3. The SMILES string of the molecule is CC(OC1OCCN(C2=NC(=O)[N]N2)C1c1ccc(F)cc1)c1cc(C(F)(F)F)cc(C(F)(F)F)c1. The van der Waals surface area contributed by atoms with Crippen LogP contribution in [0.2, 0.25) is 0 Å². The maximum atomic E-state index is 13.5. The van der Waals surface area contributed by atoms with Crippen molar-refractivity contribution >= 4 is 12.0 Å². The number of morpholine rings is 1. The number of guanidine groups is 1. The Hall–Kier alpha value is -3.39. The average molecular weight is 519 g/mol. The number of urea groups is 1. The molecular formula is C22H18F7N4O3. The van der Waals surface area contributed by atoms with Gasteiger partial charge < -0.3 is 14.4 Å². The Morgan fingerprint density at radius 3 is 2.19 bits per heavy atom. The summed E-state index contributed by atoms with van der Waals surface area (Å²) in [5.74, 6) is -0.504. The van der Waals surface area contributed by atoms with Gasteiger partial charge in [0.25, 0.3) is 0 Å². The number of benzene rings is 2. The molecule has 2 aliphatic rings. The summed E-state index contributed by atoms with van der Waals surface area (Å²) >= 11 is 0. The molecule has 2 aliphatic heterocycles. The fourth-order valence-electron chi connectivity index (χ4n) is 3.85. The van der Waals surface area contributed by atoms with E-state index in [2.05, 4.69) is 15.8 Å². The van der Waals surface area contributed by atoms with Crippen molar-refractivity contribution in [1.29, 1.82) is 0 Å². The van der Waals surface area contributed by atoms with Gasteiger partial charge in [-0.1, -0.05) is 12.1 Å². The zero-order chi connectivity index (χ0) is 26.3. The van der Waals surface area contributed by atoms with E-state index in [4.69, 9.17) is 9.47 Å². The highest BCUT2D eigenvalue weighted by Gasteiger charge is 2.41. The predicted octanol–water partition coefficient (Wildman–Crippen LogP) is 4.94. The fraction of sp³-hybridized carbons (Fsp3) is 0.364. The van der Waals surface area contributed by atoms with Crippen molar-refractivity contribution in [2.45, 2.75) is 37.7 Å². The zero-order valence-corrected chi connectivity index (χ0v) is 18.4. The maximum absolute atomic E-state index is 13.5. The minimum absolute atomic E-state index is 0.0142. The van der Waals surface area contributed by atoms with Gasteiger partial charge in [0, 0.05) is 6.54 Å². The molecule has 0 bridgehead atoms. The smallest absolute Gasteiger partial charge is 0.348 e. The number of rotatable bonds is 4. The number of carbonyl (C=O) groups is 1. The second-order valence-corrected chi connectivity index (χ2v) is 7.99. The predicted molar refractivity (Wildman–Crippen MR) is 110 cm³/mol. The van der Waals surface area contributed by atoms with Crippen LogP contribution in [0.3, 0.4) is 0 Å². The van der Waals surface area contributed by atoms with Crippen LogP contribution in [0.15, 0.2) is 47.5 Å². The molecule has 2 aromatic carbocycles. The van der Waals surface area contributed by atoms with Gasteiger partial charge in [0.1, 0.15) is 11.9 Å². The highest BCUT2D eigenvalue weighted by atomic mass is 19.4. The van der Waals surface area contributed by atoms with Crippen LogP contribution in [0.25, 0.3) is 0 Å². The highest BCUT2D eigenvalue weighted by Crippen LogP contribution is 2.39. The third-order valence-electron chi connectivity index (χ3n) is 5.56. The molecule has 0 aromatic heterocycles. The molecule has 14 heteroatoms. The molecule has 36 heavy (non-hydrogen) atoms. The molecule has 1 saturated heterocycles. The summed E-state index contributed by atoms with van der Waals surface area (Å²) in [6, 6.07) is 4.61. The summed E-state index contributed by atoms with van der Waals surface area (Å²) < 4.78 is 105. The molecule has 2 amide bonds. The van der Waals surface area contributed by atoms with Crippen molar-refractivity contribution in [3.8, 4) is 0 Å². The lowest BCUT2D eigenvalue weighted by Gasteiger charge is -2.42. The van der Waals surface area contributed by atoms with Crippen molar-refractivity contribution in [3.63, 3.8) is 0 Å². The minimum atomic E-state index is -5.02. The molecule has 1 radical (unpaired) electrons. The van der Waals surface area contributed by atoms with Gasteiger partial charge in [-0.3, -0.25) is 0 Å². The molecule has 2 heterocycles. The van der Waals surface area contributed by atoms with E-state index in [0.29, 0.717) is 17.7 Å². The lowest BCUT2D eigenvalue weighted by atomic mass is 10.0. The number of ether oxygens (including phenoxy) is 2. The van der Waals surface area contributed by atoms with Gasteiger partial charge in [-0.05, 0) is 48.4 Å². The first-order valence-corrected chi connectivity index (χ1v) is 10.5. The number of carbonyl (C=O) groups excluding carboxylic acids is 1. The molecule has 193 valence electrons. The van der Waals surface area contributed by atoms with Gasteiger partial charge in [-0.25, -0.2) is 14.6 Å². The van der Waals surface area contributed by atoms with Crippen LogP contribution >= 0.6 is 0 Å². The van der Waals surface area contributed by atoms with Gasteiger partial charge in [-0.2, -0.15) is 31.3 Å². The number of alkyl halides is 6. The van der Waals surface area contributed by atoms with E-state index in [9.17, 15) is 35.5 Å². The number of halogens is 7. The molecular weight excluding hydrogens is 501 g/mol. The third kappa shape index (κ3) is 5.54. The van der Waals surface area contributed by atoms with E-state index in [1.807, 2.05) is 0 Å².